The molecule has 1 aromatic rings. The summed E-state index contributed by atoms with van der Waals surface area (Å²) in [4.78, 5) is 4.24. The van der Waals surface area contributed by atoms with Crippen LogP contribution in [-0.2, 0) is 0 Å². The maximum Gasteiger partial charge on any atom is 0.140 e. The van der Waals surface area contributed by atoms with Gasteiger partial charge in [0.25, 0.3) is 0 Å². The van der Waals surface area contributed by atoms with E-state index in [9.17, 15) is 5.11 Å². The van der Waals surface area contributed by atoms with Crippen molar-refractivity contribution < 1.29 is 5.11 Å². The molecule has 1 fully saturated rings. The van der Waals surface area contributed by atoms with E-state index in [1.54, 1.807) is 6.20 Å². The van der Waals surface area contributed by atoms with Crippen LogP contribution in [0.1, 0.15) is 31.2 Å². The number of nitrogens with one attached hydrogen (secondary N) is 1. The van der Waals surface area contributed by atoms with Gasteiger partial charge in [-0.15, -0.1) is 0 Å². The van der Waals surface area contributed by atoms with Crippen LogP contribution < -0.4 is 11.1 Å². The Hall–Kier alpha value is -0.810. The minimum Gasteiger partial charge on any atom is -0.397 e. The molecule has 0 unspecified atom stereocenters. The zero-order valence-electron chi connectivity index (χ0n) is 9.96. The number of anilines is 2. The van der Waals surface area contributed by atoms with Crippen molar-refractivity contribution in [2.75, 3.05) is 17.6 Å². The highest BCUT2D eigenvalue weighted by Crippen LogP contribution is 2.32. The highest BCUT2D eigenvalue weighted by atomic mass is 79.9. The minimum atomic E-state index is -0.573. The fraction of sp³-hybridized carbons (Fsp3) is 0.583. The number of nitrogen functional groups attached to an aromatic ring is 1. The van der Waals surface area contributed by atoms with E-state index in [0.29, 0.717) is 12.2 Å². The second kappa shape index (κ2) is 4.82. The van der Waals surface area contributed by atoms with E-state index in [1.165, 1.54) is 0 Å². The van der Waals surface area contributed by atoms with E-state index in [0.717, 1.165) is 41.5 Å². The summed E-state index contributed by atoms with van der Waals surface area (Å²) in [6.07, 6.45) is 5.58. The number of pyridine rings is 1. The van der Waals surface area contributed by atoms with Crippen molar-refractivity contribution in [2.24, 2.45) is 0 Å². The van der Waals surface area contributed by atoms with Gasteiger partial charge in [-0.25, -0.2) is 4.98 Å². The zero-order valence-corrected chi connectivity index (χ0v) is 11.5. The van der Waals surface area contributed by atoms with Crippen molar-refractivity contribution in [3.8, 4) is 0 Å². The lowest BCUT2D eigenvalue weighted by Crippen LogP contribution is -2.33. The molecule has 0 saturated heterocycles. The number of aromatic nitrogens is 1. The third kappa shape index (κ3) is 2.72. The number of nitrogens with zero attached hydrogens (tertiary/aromatic N) is 1. The van der Waals surface area contributed by atoms with Gasteiger partial charge in [-0.2, -0.15) is 0 Å². The predicted molar refractivity (Wildman–Crippen MR) is 73.0 cm³/mol. The summed E-state index contributed by atoms with van der Waals surface area (Å²) in [5.74, 6) is 0.747. The molecule has 0 aliphatic heterocycles. The van der Waals surface area contributed by atoms with E-state index in [2.05, 4.69) is 26.2 Å². The molecule has 1 heterocycles. The van der Waals surface area contributed by atoms with Gasteiger partial charge in [0, 0.05) is 6.54 Å². The van der Waals surface area contributed by atoms with E-state index >= 15 is 0 Å². The van der Waals surface area contributed by atoms with Crippen LogP contribution in [0.5, 0.6) is 0 Å². The number of aliphatic hydroxyl groups is 1. The lowest BCUT2D eigenvalue weighted by molar-refractivity contribution is 0.0614. The quantitative estimate of drug-likeness (QED) is 0.802. The summed E-state index contributed by atoms with van der Waals surface area (Å²) >= 11 is 3.47. The monoisotopic (exact) mass is 299 g/mol. The van der Waals surface area contributed by atoms with E-state index < -0.39 is 5.60 Å². The number of nitrogens with two attached hydrogens (primary N) is 1. The molecule has 0 bridgehead atoms. The van der Waals surface area contributed by atoms with Gasteiger partial charge in [0.05, 0.1) is 22.0 Å². The second-order valence-corrected chi connectivity index (χ2v) is 5.58. The van der Waals surface area contributed by atoms with Crippen LogP contribution in [0.15, 0.2) is 10.7 Å². The molecule has 94 valence electrons. The number of rotatable bonds is 3. The first kappa shape index (κ1) is 12.6. The Morgan fingerprint density at radius 3 is 2.82 bits per heavy atom. The summed E-state index contributed by atoms with van der Waals surface area (Å²) in [5, 5.41) is 13.4. The van der Waals surface area contributed by atoms with Crippen molar-refractivity contribution in [3.05, 3.63) is 16.2 Å². The summed E-state index contributed by atoms with van der Waals surface area (Å²) in [6.45, 7) is 2.48. The lowest BCUT2D eigenvalue weighted by Gasteiger charge is -2.23. The van der Waals surface area contributed by atoms with Crippen molar-refractivity contribution >= 4 is 27.4 Å². The van der Waals surface area contributed by atoms with Crippen molar-refractivity contribution in [1.82, 2.24) is 4.98 Å². The van der Waals surface area contributed by atoms with Crippen molar-refractivity contribution in [2.45, 2.75) is 38.2 Å². The largest absolute Gasteiger partial charge is 0.397 e. The van der Waals surface area contributed by atoms with Gasteiger partial charge in [-0.05, 0) is 41.3 Å². The topological polar surface area (TPSA) is 71.2 Å². The highest BCUT2D eigenvalue weighted by molar-refractivity contribution is 9.10. The van der Waals surface area contributed by atoms with Crippen LogP contribution in [0.3, 0.4) is 0 Å². The van der Waals surface area contributed by atoms with Gasteiger partial charge >= 0.3 is 0 Å². The van der Waals surface area contributed by atoms with E-state index in [4.69, 9.17) is 5.73 Å². The molecular formula is C12H18BrN3O. The van der Waals surface area contributed by atoms with Gasteiger partial charge in [0.1, 0.15) is 5.82 Å². The molecular weight excluding hydrogens is 282 g/mol. The molecule has 0 amide bonds. The van der Waals surface area contributed by atoms with Gasteiger partial charge in [-0.1, -0.05) is 12.8 Å². The molecule has 0 atom stereocenters. The fourth-order valence-corrected chi connectivity index (χ4v) is 2.64. The second-order valence-electron chi connectivity index (χ2n) is 4.79. The molecule has 1 aliphatic carbocycles. The molecule has 4 nitrogen and oxygen atoms in total. The smallest absolute Gasteiger partial charge is 0.140 e. The first-order valence-electron chi connectivity index (χ1n) is 5.89. The molecule has 5 heteroatoms. The fourth-order valence-electron chi connectivity index (χ4n) is 2.17. The average molecular weight is 300 g/mol. The van der Waals surface area contributed by atoms with Gasteiger partial charge in [0.15, 0.2) is 0 Å². The molecule has 0 spiro atoms. The third-order valence-electron chi connectivity index (χ3n) is 3.42. The van der Waals surface area contributed by atoms with Gasteiger partial charge < -0.3 is 16.2 Å². The minimum absolute atomic E-state index is 0.544. The average Bonchev–Trinajstić information content (AvgIpc) is 2.73. The van der Waals surface area contributed by atoms with Gasteiger partial charge in [-0.3, -0.25) is 0 Å². The highest BCUT2D eigenvalue weighted by Gasteiger charge is 2.31. The van der Waals surface area contributed by atoms with Crippen LogP contribution in [0.2, 0.25) is 0 Å². The zero-order chi connectivity index (χ0) is 12.5. The molecule has 2 rings (SSSR count). The summed E-state index contributed by atoms with van der Waals surface area (Å²) < 4.78 is 0.874. The Balaban J connectivity index is 2.06. The summed E-state index contributed by atoms with van der Waals surface area (Å²) in [6, 6.07) is 0. The molecule has 0 radical (unpaired) electrons. The van der Waals surface area contributed by atoms with Crippen molar-refractivity contribution in [1.29, 1.82) is 0 Å². The number of halogens is 1. The molecule has 1 aliphatic rings. The lowest BCUT2D eigenvalue weighted by atomic mass is 10.0. The van der Waals surface area contributed by atoms with Crippen LogP contribution >= 0.6 is 15.9 Å². The maximum absolute atomic E-state index is 10.2. The summed E-state index contributed by atoms with van der Waals surface area (Å²) in [7, 11) is 0. The molecule has 17 heavy (non-hydrogen) atoms. The van der Waals surface area contributed by atoms with E-state index in [-0.39, 0.29) is 0 Å². The van der Waals surface area contributed by atoms with E-state index in [1.807, 2.05) is 6.92 Å². The Bertz CT molecular complexity index is 416. The van der Waals surface area contributed by atoms with Crippen LogP contribution in [0.25, 0.3) is 0 Å². The first-order chi connectivity index (χ1) is 8.02. The Morgan fingerprint density at radius 2 is 2.18 bits per heavy atom. The Kier molecular flexibility index (Phi) is 3.58. The van der Waals surface area contributed by atoms with Gasteiger partial charge in [0.2, 0.25) is 0 Å². The normalized spacial score (nSPS) is 18.3. The van der Waals surface area contributed by atoms with Crippen LogP contribution in [0.4, 0.5) is 11.5 Å². The number of hydrogen-bond donors (Lipinski definition) is 3. The first-order valence-corrected chi connectivity index (χ1v) is 6.68. The maximum atomic E-state index is 10.2. The molecule has 1 aromatic heterocycles. The predicted octanol–water partition coefficient (Wildman–Crippen LogP) is 2.45. The standard InChI is InChI=1S/C12H18BrN3O/c1-8-9(14)6-15-11(10(8)13)16-7-12(17)4-2-3-5-12/h6,17H,2-5,7,14H2,1H3,(H,15,16). The SMILES string of the molecule is Cc1c(N)cnc(NCC2(O)CCCC2)c1Br. The summed E-state index contributed by atoms with van der Waals surface area (Å²) in [5.41, 5.74) is 6.83. The van der Waals surface area contributed by atoms with Crippen LogP contribution in [-0.4, -0.2) is 22.2 Å². The Morgan fingerprint density at radius 1 is 1.53 bits per heavy atom. The molecule has 4 N–H and O–H groups in total. The van der Waals surface area contributed by atoms with Crippen LogP contribution in [0, 0.1) is 6.92 Å². The Labute approximate surface area is 110 Å². The van der Waals surface area contributed by atoms with Crippen molar-refractivity contribution in [3.63, 3.8) is 0 Å². The molecule has 0 aromatic carbocycles. The third-order valence-corrected chi connectivity index (χ3v) is 4.39. The molecule has 1 saturated carbocycles. The number of hydrogen-bond acceptors (Lipinski definition) is 4.